The van der Waals surface area contributed by atoms with E-state index in [1.165, 1.54) is 19.1 Å². The molecule has 0 aliphatic rings. The first kappa shape index (κ1) is 21.3. The topological polar surface area (TPSA) is 67.4 Å². The molecule has 0 fully saturated rings. The van der Waals surface area contributed by atoms with Crippen molar-refractivity contribution in [2.75, 3.05) is 5.32 Å². The fraction of sp³-hybridized carbons (Fsp3) is 0.182. The van der Waals surface area contributed by atoms with Crippen molar-refractivity contribution < 1.29 is 27.6 Å². The van der Waals surface area contributed by atoms with Gasteiger partial charge in [0.1, 0.15) is 0 Å². The Morgan fingerprint density at radius 1 is 0.967 bits per heavy atom. The smallest absolute Gasteiger partial charge is 0.323 e. The lowest BCUT2D eigenvalue weighted by Crippen LogP contribution is -2.36. The molecule has 3 aromatic carbocycles. The predicted octanol–water partition coefficient (Wildman–Crippen LogP) is 4.48. The molecule has 1 atom stereocenters. The van der Waals surface area contributed by atoms with Crippen molar-refractivity contribution in [1.82, 2.24) is 5.48 Å². The predicted molar refractivity (Wildman–Crippen MR) is 106 cm³/mol. The summed E-state index contributed by atoms with van der Waals surface area (Å²) >= 11 is 0. The minimum atomic E-state index is -4.61. The second kappa shape index (κ2) is 8.96. The molecular weight excluding hydrogens is 397 g/mol. The van der Waals surface area contributed by atoms with E-state index in [0.29, 0.717) is 0 Å². The van der Waals surface area contributed by atoms with Gasteiger partial charge in [0.2, 0.25) is 5.91 Å². The van der Waals surface area contributed by atoms with Crippen LogP contribution in [0.3, 0.4) is 0 Å². The molecule has 0 saturated heterocycles. The van der Waals surface area contributed by atoms with Crippen LogP contribution in [0.5, 0.6) is 0 Å². The highest BCUT2D eigenvalue weighted by atomic mass is 19.4. The quantitative estimate of drug-likeness (QED) is 0.583. The molecule has 1 unspecified atom stereocenters. The van der Waals surface area contributed by atoms with Gasteiger partial charge in [0.25, 0.3) is 5.91 Å². The van der Waals surface area contributed by atoms with Gasteiger partial charge in [-0.05, 0) is 35.4 Å². The van der Waals surface area contributed by atoms with Gasteiger partial charge in [-0.3, -0.25) is 14.4 Å². The third-order valence-corrected chi connectivity index (χ3v) is 4.44. The highest BCUT2D eigenvalue weighted by molar-refractivity contribution is 5.95. The van der Waals surface area contributed by atoms with Gasteiger partial charge < -0.3 is 5.32 Å². The molecule has 0 aromatic heterocycles. The molecule has 0 heterocycles. The van der Waals surface area contributed by atoms with E-state index in [9.17, 15) is 22.8 Å². The SMILES string of the molecule is CC(ONC(=O)Cc1cccc2ccccc12)C(=O)Nc1ccccc1C(F)(F)F. The van der Waals surface area contributed by atoms with E-state index in [4.69, 9.17) is 4.84 Å². The van der Waals surface area contributed by atoms with E-state index in [2.05, 4.69) is 10.8 Å². The van der Waals surface area contributed by atoms with Gasteiger partial charge in [-0.15, -0.1) is 0 Å². The number of carbonyl (C=O) groups is 2. The Morgan fingerprint density at radius 2 is 1.63 bits per heavy atom. The molecule has 0 radical (unpaired) electrons. The molecule has 0 aliphatic heterocycles. The molecule has 3 aromatic rings. The number of rotatable bonds is 6. The highest BCUT2D eigenvalue weighted by Gasteiger charge is 2.34. The number of para-hydroxylation sites is 1. The molecular formula is C22H19F3N2O3. The minimum Gasteiger partial charge on any atom is -0.323 e. The summed E-state index contributed by atoms with van der Waals surface area (Å²) in [6, 6.07) is 17.8. The number of hydrogen-bond donors (Lipinski definition) is 2. The molecule has 8 heteroatoms. The van der Waals surface area contributed by atoms with Crippen molar-refractivity contribution in [3.63, 3.8) is 0 Å². The van der Waals surface area contributed by atoms with Gasteiger partial charge in [-0.2, -0.15) is 13.2 Å². The summed E-state index contributed by atoms with van der Waals surface area (Å²) in [6.45, 7) is 1.32. The van der Waals surface area contributed by atoms with E-state index in [1.54, 1.807) is 0 Å². The standard InChI is InChI=1S/C22H19F3N2O3/c1-14(21(29)26-19-12-5-4-11-18(19)22(23,24)25)30-27-20(28)13-16-9-6-8-15-7-2-3-10-17(15)16/h2-12,14H,13H2,1H3,(H,26,29)(H,27,28). The van der Waals surface area contributed by atoms with Crippen LogP contribution in [-0.4, -0.2) is 17.9 Å². The van der Waals surface area contributed by atoms with Crippen molar-refractivity contribution >= 4 is 28.3 Å². The van der Waals surface area contributed by atoms with E-state index in [-0.39, 0.29) is 12.1 Å². The van der Waals surface area contributed by atoms with Crippen LogP contribution in [0.2, 0.25) is 0 Å². The Bertz CT molecular complexity index is 1060. The third kappa shape index (κ3) is 5.15. The lowest BCUT2D eigenvalue weighted by molar-refractivity contribution is -0.143. The van der Waals surface area contributed by atoms with Gasteiger partial charge in [-0.1, -0.05) is 54.6 Å². The Hall–Kier alpha value is -3.39. The molecule has 30 heavy (non-hydrogen) atoms. The number of alkyl halides is 3. The summed E-state index contributed by atoms with van der Waals surface area (Å²) in [5.74, 6) is -1.31. The van der Waals surface area contributed by atoms with Crippen LogP contribution < -0.4 is 10.8 Å². The zero-order valence-corrected chi connectivity index (χ0v) is 16.0. The van der Waals surface area contributed by atoms with Crippen LogP contribution in [-0.2, 0) is 27.0 Å². The monoisotopic (exact) mass is 416 g/mol. The van der Waals surface area contributed by atoms with Gasteiger partial charge in [-0.25, -0.2) is 5.48 Å². The van der Waals surface area contributed by atoms with E-state index in [1.807, 2.05) is 42.5 Å². The number of amides is 2. The van der Waals surface area contributed by atoms with Crippen LogP contribution in [0.15, 0.2) is 66.7 Å². The minimum absolute atomic E-state index is 0.0204. The highest BCUT2D eigenvalue weighted by Crippen LogP contribution is 2.34. The van der Waals surface area contributed by atoms with Crippen LogP contribution in [0, 0.1) is 0 Å². The third-order valence-electron chi connectivity index (χ3n) is 4.44. The second-order valence-electron chi connectivity index (χ2n) is 6.63. The van der Waals surface area contributed by atoms with E-state index < -0.39 is 29.7 Å². The maximum absolute atomic E-state index is 13.0. The van der Waals surface area contributed by atoms with E-state index >= 15 is 0 Å². The van der Waals surface area contributed by atoms with Gasteiger partial charge in [0, 0.05) is 0 Å². The average Bonchev–Trinajstić information content (AvgIpc) is 2.72. The fourth-order valence-corrected chi connectivity index (χ4v) is 2.94. The van der Waals surface area contributed by atoms with Gasteiger partial charge in [0.05, 0.1) is 17.7 Å². The lowest BCUT2D eigenvalue weighted by atomic mass is 10.0. The number of nitrogens with one attached hydrogen (secondary N) is 2. The zero-order chi connectivity index (χ0) is 21.7. The molecule has 3 rings (SSSR count). The number of benzene rings is 3. The van der Waals surface area contributed by atoms with Crippen LogP contribution >= 0.6 is 0 Å². The van der Waals surface area contributed by atoms with Crippen LogP contribution in [0.25, 0.3) is 10.8 Å². The number of hydrogen-bond acceptors (Lipinski definition) is 3. The Kier molecular flexibility index (Phi) is 6.37. The number of carbonyl (C=O) groups excluding carboxylic acids is 2. The molecule has 0 saturated carbocycles. The molecule has 5 nitrogen and oxygen atoms in total. The van der Waals surface area contributed by atoms with Crippen molar-refractivity contribution in [2.45, 2.75) is 25.6 Å². The summed E-state index contributed by atoms with van der Waals surface area (Å²) in [5, 5.41) is 4.09. The van der Waals surface area contributed by atoms with Gasteiger partial charge in [0.15, 0.2) is 6.10 Å². The summed E-state index contributed by atoms with van der Waals surface area (Å²) in [5.41, 5.74) is 1.62. The Balaban J connectivity index is 1.58. The summed E-state index contributed by atoms with van der Waals surface area (Å²) in [4.78, 5) is 29.4. The molecule has 2 N–H and O–H groups in total. The van der Waals surface area contributed by atoms with Gasteiger partial charge >= 0.3 is 6.18 Å². The first-order valence-corrected chi connectivity index (χ1v) is 9.14. The summed E-state index contributed by atoms with van der Waals surface area (Å²) < 4.78 is 39.1. The fourth-order valence-electron chi connectivity index (χ4n) is 2.94. The van der Waals surface area contributed by atoms with Crippen molar-refractivity contribution in [2.24, 2.45) is 0 Å². The number of hydroxylamine groups is 1. The molecule has 156 valence electrons. The molecule has 0 aliphatic carbocycles. The van der Waals surface area contributed by atoms with Crippen molar-refractivity contribution in [3.8, 4) is 0 Å². The maximum Gasteiger partial charge on any atom is 0.418 e. The van der Waals surface area contributed by atoms with Crippen molar-refractivity contribution in [1.29, 1.82) is 0 Å². The second-order valence-corrected chi connectivity index (χ2v) is 6.63. The average molecular weight is 416 g/mol. The van der Waals surface area contributed by atoms with E-state index in [0.717, 1.165) is 28.5 Å². The molecule has 2 amide bonds. The zero-order valence-electron chi connectivity index (χ0n) is 16.0. The summed E-state index contributed by atoms with van der Waals surface area (Å²) in [7, 11) is 0. The normalized spacial score (nSPS) is 12.4. The first-order valence-electron chi connectivity index (χ1n) is 9.14. The number of halogens is 3. The largest absolute Gasteiger partial charge is 0.418 e. The first-order chi connectivity index (χ1) is 14.3. The Morgan fingerprint density at radius 3 is 2.40 bits per heavy atom. The van der Waals surface area contributed by atoms with Crippen LogP contribution in [0.4, 0.5) is 18.9 Å². The molecule has 0 spiro atoms. The lowest BCUT2D eigenvalue weighted by Gasteiger charge is -2.17. The van der Waals surface area contributed by atoms with Crippen LogP contribution in [0.1, 0.15) is 18.1 Å². The maximum atomic E-state index is 13.0. The molecule has 0 bridgehead atoms. The number of anilines is 1. The number of fused-ring (bicyclic) bond motifs is 1. The Labute approximate surface area is 170 Å². The summed E-state index contributed by atoms with van der Waals surface area (Å²) in [6.07, 6.45) is -5.80. The van der Waals surface area contributed by atoms with Crippen molar-refractivity contribution in [3.05, 3.63) is 77.9 Å².